The highest BCUT2D eigenvalue weighted by atomic mass is 16.2. The lowest BCUT2D eigenvalue weighted by Crippen LogP contribution is -2.52. The monoisotopic (exact) mass is 261 g/mol. The van der Waals surface area contributed by atoms with Crippen molar-refractivity contribution >= 4 is 11.7 Å². The fraction of sp³-hybridized carbons (Fsp3) is 0.533. The zero-order chi connectivity index (χ0) is 13.8. The van der Waals surface area contributed by atoms with Crippen LogP contribution in [0, 0.1) is 13.8 Å². The van der Waals surface area contributed by atoms with E-state index in [1.165, 1.54) is 16.8 Å². The van der Waals surface area contributed by atoms with Crippen LogP contribution in [0.15, 0.2) is 18.2 Å². The van der Waals surface area contributed by atoms with Crippen molar-refractivity contribution in [3.63, 3.8) is 0 Å². The van der Waals surface area contributed by atoms with Gasteiger partial charge >= 0.3 is 6.03 Å². The lowest BCUT2D eigenvalue weighted by atomic mass is 10.1. The molecule has 2 rings (SSSR count). The number of hydrogen-bond donors (Lipinski definition) is 1. The van der Waals surface area contributed by atoms with Crippen LogP contribution in [0.25, 0.3) is 0 Å². The first-order valence-electron chi connectivity index (χ1n) is 6.96. The van der Waals surface area contributed by atoms with Crippen LogP contribution < -0.4 is 10.2 Å². The number of aryl methyl sites for hydroxylation is 2. The van der Waals surface area contributed by atoms with Gasteiger partial charge in [0.25, 0.3) is 0 Å². The Kier molecular flexibility index (Phi) is 4.30. The van der Waals surface area contributed by atoms with Crippen molar-refractivity contribution in [1.82, 2.24) is 10.2 Å². The summed E-state index contributed by atoms with van der Waals surface area (Å²) in [5.41, 5.74) is 3.89. The predicted molar refractivity (Wildman–Crippen MR) is 78.8 cm³/mol. The fourth-order valence-electron chi connectivity index (χ4n) is 2.47. The fourth-order valence-corrected chi connectivity index (χ4v) is 2.47. The van der Waals surface area contributed by atoms with E-state index >= 15 is 0 Å². The van der Waals surface area contributed by atoms with Gasteiger partial charge in [0.05, 0.1) is 0 Å². The molecule has 0 unspecified atom stereocenters. The number of carbonyl (C=O) groups is 1. The summed E-state index contributed by atoms with van der Waals surface area (Å²) < 4.78 is 0. The molecule has 1 aromatic carbocycles. The molecule has 2 amide bonds. The van der Waals surface area contributed by atoms with Crippen molar-refractivity contribution in [2.45, 2.75) is 20.8 Å². The van der Waals surface area contributed by atoms with E-state index in [2.05, 4.69) is 42.3 Å². The Morgan fingerprint density at radius 1 is 1.21 bits per heavy atom. The largest absolute Gasteiger partial charge is 0.368 e. The maximum atomic E-state index is 11.8. The highest BCUT2D eigenvalue weighted by Crippen LogP contribution is 2.22. The molecule has 0 aromatic heterocycles. The van der Waals surface area contributed by atoms with Gasteiger partial charge in [-0.2, -0.15) is 0 Å². The molecule has 104 valence electrons. The van der Waals surface area contributed by atoms with E-state index in [1.807, 2.05) is 11.8 Å². The number of anilines is 1. The molecule has 1 aromatic rings. The summed E-state index contributed by atoms with van der Waals surface area (Å²) in [6.07, 6.45) is 0. The third kappa shape index (κ3) is 3.19. The van der Waals surface area contributed by atoms with E-state index in [9.17, 15) is 4.79 Å². The summed E-state index contributed by atoms with van der Waals surface area (Å²) in [6.45, 7) is 10.3. The number of piperazine rings is 1. The molecule has 1 heterocycles. The first-order chi connectivity index (χ1) is 9.11. The highest BCUT2D eigenvalue weighted by molar-refractivity contribution is 5.74. The highest BCUT2D eigenvalue weighted by Gasteiger charge is 2.21. The third-order valence-electron chi connectivity index (χ3n) is 3.60. The maximum absolute atomic E-state index is 11.8. The van der Waals surface area contributed by atoms with Gasteiger partial charge in [-0.15, -0.1) is 0 Å². The molecule has 0 atom stereocenters. The van der Waals surface area contributed by atoms with Crippen molar-refractivity contribution in [1.29, 1.82) is 0 Å². The smallest absolute Gasteiger partial charge is 0.317 e. The third-order valence-corrected chi connectivity index (χ3v) is 3.60. The van der Waals surface area contributed by atoms with E-state index in [0.717, 1.165) is 26.2 Å². The Labute approximate surface area is 115 Å². The van der Waals surface area contributed by atoms with E-state index in [0.29, 0.717) is 6.54 Å². The van der Waals surface area contributed by atoms with Gasteiger partial charge in [-0.25, -0.2) is 4.79 Å². The van der Waals surface area contributed by atoms with Crippen LogP contribution in [0.4, 0.5) is 10.5 Å². The molecular formula is C15H23N3O. The van der Waals surface area contributed by atoms with Crippen LogP contribution in [0.3, 0.4) is 0 Å². The molecule has 0 spiro atoms. The molecule has 1 N–H and O–H groups in total. The van der Waals surface area contributed by atoms with E-state index < -0.39 is 0 Å². The van der Waals surface area contributed by atoms with Crippen LogP contribution >= 0.6 is 0 Å². The number of carbonyl (C=O) groups excluding carboxylic acids is 1. The maximum Gasteiger partial charge on any atom is 0.317 e. The molecule has 0 saturated carbocycles. The van der Waals surface area contributed by atoms with Crippen LogP contribution in [0.1, 0.15) is 18.1 Å². The van der Waals surface area contributed by atoms with Gasteiger partial charge in [0.1, 0.15) is 0 Å². The van der Waals surface area contributed by atoms with Gasteiger partial charge in [-0.05, 0) is 38.0 Å². The molecule has 4 heteroatoms. The quantitative estimate of drug-likeness (QED) is 0.885. The number of rotatable bonds is 2. The molecule has 19 heavy (non-hydrogen) atoms. The van der Waals surface area contributed by atoms with E-state index in [1.54, 1.807) is 0 Å². The molecule has 4 nitrogen and oxygen atoms in total. The van der Waals surface area contributed by atoms with Gasteiger partial charge in [0.15, 0.2) is 0 Å². The minimum atomic E-state index is 0.0584. The molecule has 1 aliphatic heterocycles. The Bertz CT molecular complexity index is 451. The number of nitrogens with one attached hydrogen (secondary N) is 1. The average molecular weight is 261 g/mol. The average Bonchev–Trinajstić information content (AvgIpc) is 2.42. The number of benzene rings is 1. The first-order valence-corrected chi connectivity index (χ1v) is 6.96. The van der Waals surface area contributed by atoms with Crippen molar-refractivity contribution in [2.75, 3.05) is 37.6 Å². The second-order valence-corrected chi connectivity index (χ2v) is 5.10. The van der Waals surface area contributed by atoms with Crippen LogP contribution in [-0.4, -0.2) is 43.7 Å². The molecular weight excluding hydrogens is 238 g/mol. The Hall–Kier alpha value is -1.71. The lowest BCUT2D eigenvalue weighted by molar-refractivity contribution is 0.195. The first kappa shape index (κ1) is 13.7. The summed E-state index contributed by atoms with van der Waals surface area (Å²) in [5, 5.41) is 2.86. The van der Waals surface area contributed by atoms with Gasteiger partial charge < -0.3 is 15.1 Å². The van der Waals surface area contributed by atoms with Gasteiger partial charge in [-0.1, -0.05) is 12.1 Å². The van der Waals surface area contributed by atoms with Crippen molar-refractivity contribution in [2.24, 2.45) is 0 Å². The van der Waals surface area contributed by atoms with Gasteiger partial charge in [0, 0.05) is 38.4 Å². The van der Waals surface area contributed by atoms with Crippen LogP contribution in [-0.2, 0) is 0 Å². The minimum Gasteiger partial charge on any atom is -0.368 e. The van der Waals surface area contributed by atoms with Gasteiger partial charge in [0.2, 0.25) is 0 Å². The standard InChI is InChI=1S/C15H23N3O/c1-4-16-15(19)18-9-7-17(8-10-18)14-11-12(2)5-6-13(14)3/h5-6,11H,4,7-10H2,1-3H3,(H,16,19). The summed E-state index contributed by atoms with van der Waals surface area (Å²) in [7, 11) is 0. The molecule has 1 aliphatic rings. The van der Waals surface area contributed by atoms with Crippen LogP contribution in [0.5, 0.6) is 0 Å². The molecule has 0 bridgehead atoms. The SMILES string of the molecule is CCNC(=O)N1CCN(c2cc(C)ccc2C)CC1. The lowest BCUT2D eigenvalue weighted by Gasteiger charge is -2.36. The molecule has 1 saturated heterocycles. The van der Waals surface area contributed by atoms with E-state index in [4.69, 9.17) is 0 Å². The van der Waals surface area contributed by atoms with Crippen molar-refractivity contribution in [3.05, 3.63) is 29.3 Å². The van der Waals surface area contributed by atoms with Gasteiger partial charge in [-0.3, -0.25) is 0 Å². The summed E-state index contributed by atoms with van der Waals surface area (Å²) >= 11 is 0. The topological polar surface area (TPSA) is 35.6 Å². The second kappa shape index (κ2) is 5.95. The summed E-state index contributed by atoms with van der Waals surface area (Å²) in [5.74, 6) is 0. The predicted octanol–water partition coefficient (Wildman–Crippen LogP) is 2.15. The van der Waals surface area contributed by atoms with Crippen LogP contribution in [0.2, 0.25) is 0 Å². The van der Waals surface area contributed by atoms with Crippen molar-refractivity contribution in [3.8, 4) is 0 Å². The number of urea groups is 1. The number of nitrogens with zero attached hydrogens (tertiary/aromatic N) is 2. The summed E-state index contributed by atoms with van der Waals surface area (Å²) in [4.78, 5) is 16.0. The van der Waals surface area contributed by atoms with E-state index in [-0.39, 0.29) is 6.03 Å². The molecule has 0 radical (unpaired) electrons. The normalized spacial score (nSPS) is 15.5. The molecule has 0 aliphatic carbocycles. The Balaban J connectivity index is 2.00. The Morgan fingerprint density at radius 3 is 2.53 bits per heavy atom. The zero-order valence-electron chi connectivity index (χ0n) is 12.1. The summed E-state index contributed by atoms with van der Waals surface area (Å²) in [6, 6.07) is 6.60. The second-order valence-electron chi connectivity index (χ2n) is 5.10. The zero-order valence-corrected chi connectivity index (χ0v) is 12.1. The minimum absolute atomic E-state index is 0.0584. The number of hydrogen-bond acceptors (Lipinski definition) is 2. The number of amides is 2. The Morgan fingerprint density at radius 2 is 1.89 bits per heavy atom. The molecule has 1 fully saturated rings. The van der Waals surface area contributed by atoms with Crippen molar-refractivity contribution < 1.29 is 4.79 Å².